The van der Waals surface area contributed by atoms with Gasteiger partial charge < -0.3 is 5.73 Å². The Labute approximate surface area is 110 Å². The van der Waals surface area contributed by atoms with Crippen LogP contribution in [0.2, 0.25) is 0 Å². The molecule has 2 nitrogen and oxygen atoms in total. The maximum absolute atomic E-state index is 12.3. The molecule has 1 fully saturated rings. The second-order valence-electron chi connectivity index (χ2n) is 5.56. The molecule has 1 aromatic carbocycles. The van der Waals surface area contributed by atoms with E-state index >= 15 is 0 Å². The summed E-state index contributed by atoms with van der Waals surface area (Å²) >= 11 is 0. The second-order valence-corrected chi connectivity index (χ2v) is 5.56. The minimum Gasteiger partial charge on any atom is -0.399 e. The molecule has 98 valence electrons. The highest BCUT2D eigenvalue weighted by Gasteiger charge is 2.18. The Morgan fingerprint density at radius 3 is 2.50 bits per heavy atom. The number of anilines is 1. The number of ketones is 1. The van der Waals surface area contributed by atoms with E-state index < -0.39 is 0 Å². The average Bonchev–Trinajstić information content (AvgIpc) is 2.57. The first kappa shape index (κ1) is 13.1. The van der Waals surface area contributed by atoms with Gasteiger partial charge in [-0.05, 0) is 36.6 Å². The van der Waals surface area contributed by atoms with E-state index in [2.05, 4.69) is 0 Å². The minimum absolute atomic E-state index is 0.291. The average molecular weight is 245 g/mol. The van der Waals surface area contributed by atoms with Crippen LogP contribution in [0.1, 0.15) is 60.9 Å². The monoisotopic (exact) mass is 245 g/mol. The summed E-state index contributed by atoms with van der Waals surface area (Å²) in [5, 5.41) is 0. The predicted octanol–water partition coefficient (Wildman–Crippen LogP) is 4.12. The summed E-state index contributed by atoms with van der Waals surface area (Å²) in [6, 6.07) is 5.59. The van der Waals surface area contributed by atoms with E-state index in [-0.39, 0.29) is 0 Å². The third-order valence-electron chi connectivity index (χ3n) is 4.00. The number of Topliss-reactive ketones (excluding diaryl/α,β-unsaturated/α-hetero) is 1. The third-order valence-corrected chi connectivity index (χ3v) is 4.00. The maximum Gasteiger partial charge on any atom is 0.163 e. The van der Waals surface area contributed by atoms with E-state index in [0.29, 0.717) is 18.1 Å². The van der Waals surface area contributed by atoms with Gasteiger partial charge in [-0.25, -0.2) is 0 Å². The van der Waals surface area contributed by atoms with E-state index in [4.69, 9.17) is 5.73 Å². The normalized spacial score (nSPS) is 17.4. The molecule has 0 aliphatic heterocycles. The molecule has 0 heterocycles. The van der Waals surface area contributed by atoms with E-state index in [0.717, 1.165) is 16.8 Å². The molecular formula is C16H23NO. The van der Waals surface area contributed by atoms with Gasteiger partial charge in [0.15, 0.2) is 5.78 Å². The molecule has 2 heteroatoms. The van der Waals surface area contributed by atoms with Crippen LogP contribution in [0, 0.1) is 12.8 Å². The highest BCUT2D eigenvalue weighted by Crippen LogP contribution is 2.27. The lowest BCUT2D eigenvalue weighted by molar-refractivity contribution is 0.0956. The molecule has 0 amide bonds. The zero-order valence-corrected chi connectivity index (χ0v) is 11.2. The molecule has 18 heavy (non-hydrogen) atoms. The number of carbonyl (C=O) groups is 1. The fourth-order valence-corrected chi connectivity index (χ4v) is 2.94. The van der Waals surface area contributed by atoms with Gasteiger partial charge in [0, 0.05) is 17.7 Å². The van der Waals surface area contributed by atoms with Crippen LogP contribution in [0.15, 0.2) is 18.2 Å². The summed E-state index contributed by atoms with van der Waals surface area (Å²) in [5.74, 6) is 0.886. The molecule has 2 rings (SSSR count). The fraction of sp³-hybridized carbons (Fsp3) is 0.562. The Hall–Kier alpha value is -1.31. The van der Waals surface area contributed by atoms with Crippen LogP contribution in [0.3, 0.4) is 0 Å². The van der Waals surface area contributed by atoms with Crippen LogP contribution < -0.4 is 5.73 Å². The smallest absolute Gasteiger partial charge is 0.163 e. The molecule has 1 aliphatic rings. The Balaban J connectivity index is 2.02. The first-order valence-electron chi connectivity index (χ1n) is 7.06. The highest BCUT2D eigenvalue weighted by atomic mass is 16.1. The van der Waals surface area contributed by atoms with Crippen molar-refractivity contribution in [3.63, 3.8) is 0 Å². The minimum atomic E-state index is 0.291. The van der Waals surface area contributed by atoms with Gasteiger partial charge in [0.05, 0.1) is 0 Å². The van der Waals surface area contributed by atoms with Crippen molar-refractivity contribution in [2.45, 2.75) is 51.9 Å². The van der Waals surface area contributed by atoms with Crippen molar-refractivity contribution in [2.75, 3.05) is 5.73 Å². The Bertz CT molecular complexity index is 417. The SMILES string of the molecule is Cc1cc(N)ccc1C(=O)CC1CCCCCC1. The molecule has 0 unspecified atom stereocenters. The number of nitrogens with two attached hydrogens (primary N) is 1. The topological polar surface area (TPSA) is 43.1 Å². The molecule has 0 bridgehead atoms. The predicted molar refractivity (Wildman–Crippen MR) is 75.7 cm³/mol. The van der Waals surface area contributed by atoms with Gasteiger partial charge in [-0.3, -0.25) is 4.79 Å². The van der Waals surface area contributed by atoms with E-state index in [9.17, 15) is 4.79 Å². The van der Waals surface area contributed by atoms with Gasteiger partial charge in [-0.15, -0.1) is 0 Å². The Kier molecular flexibility index (Phi) is 4.40. The number of nitrogen functional groups attached to an aromatic ring is 1. The number of benzene rings is 1. The lowest BCUT2D eigenvalue weighted by Gasteiger charge is -2.14. The first-order chi connectivity index (χ1) is 8.66. The molecule has 1 aliphatic carbocycles. The largest absolute Gasteiger partial charge is 0.399 e. The molecule has 2 N–H and O–H groups in total. The first-order valence-corrected chi connectivity index (χ1v) is 7.06. The Morgan fingerprint density at radius 1 is 1.22 bits per heavy atom. The highest BCUT2D eigenvalue weighted by molar-refractivity contribution is 5.97. The quantitative estimate of drug-likeness (QED) is 0.494. The van der Waals surface area contributed by atoms with Gasteiger partial charge in [0.2, 0.25) is 0 Å². The van der Waals surface area contributed by atoms with Gasteiger partial charge in [-0.2, -0.15) is 0 Å². The van der Waals surface area contributed by atoms with E-state index in [1.54, 1.807) is 0 Å². The van der Waals surface area contributed by atoms with Crippen molar-refractivity contribution >= 4 is 11.5 Å². The summed E-state index contributed by atoms with van der Waals surface area (Å²) in [4.78, 5) is 12.3. The zero-order chi connectivity index (χ0) is 13.0. The van der Waals surface area contributed by atoms with Gasteiger partial charge in [-0.1, -0.05) is 38.5 Å². The molecule has 0 saturated heterocycles. The van der Waals surface area contributed by atoms with Crippen LogP contribution in [-0.2, 0) is 0 Å². The lowest BCUT2D eigenvalue weighted by atomic mass is 9.90. The molecule has 0 atom stereocenters. The van der Waals surface area contributed by atoms with Crippen LogP contribution in [-0.4, -0.2) is 5.78 Å². The van der Waals surface area contributed by atoms with Gasteiger partial charge >= 0.3 is 0 Å². The number of hydrogen-bond acceptors (Lipinski definition) is 2. The third kappa shape index (κ3) is 3.34. The summed E-state index contributed by atoms with van der Waals surface area (Å²) in [7, 11) is 0. The number of aryl methyl sites for hydroxylation is 1. The summed E-state index contributed by atoms with van der Waals surface area (Å²) < 4.78 is 0. The number of carbonyl (C=O) groups excluding carboxylic acids is 1. The lowest BCUT2D eigenvalue weighted by Crippen LogP contribution is -2.10. The van der Waals surface area contributed by atoms with E-state index in [1.165, 1.54) is 38.5 Å². The standard InChI is InChI=1S/C16H23NO/c1-12-10-14(17)8-9-15(12)16(18)11-13-6-4-2-3-5-7-13/h8-10,13H,2-7,11,17H2,1H3. The van der Waals surface area contributed by atoms with Crippen molar-refractivity contribution in [1.29, 1.82) is 0 Å². The zero-order valence-electron chi connectivity index (χ0n) is 11.2. The van der Waals surface area contributed by atoms with Crippen LogP contribution >= 0.6 is 0 Å². The Morgan fingerprint density at radius 2 is 1.89 bits per heavy atom. The summed E-state index contributed by atoms with van der Waals surface area (Å²) in [5.41, 5.74) is 8.32. The van der Waals surface area contributed by atoms with Crippen LogP contribution in [0.4, 0.5) is 5.69 Å². The van der Waals surface area contributed by atoms with E-state index in [1.807, 2.05) is 25.1 Å². The van der Waals surface area contributed by atoms with Crippen LogP contribution in [0.25, 0.3) is 0 Å². The summed E-state index contributed by atoms with van der Waals surface area (Å²) in [6.07, 6.45) is 8.42. The maximum atomic E-state index is 12.3. The molecule has 1 saturated carbocycles. The van der Waals surface area contributed by atoms with Crippen molar-refractivity contribution < 1.29 is 4.79 Å². The number of hydrogen-bond donors (Lipinski definition) is 1. The van der Waals surface area contributed by atoms with Crippen molar-refractivity contribution in [3.8, 4) is 0 Å². The summed E-state index contributed by atoms with van der Waals surface area (Å²) in [6.45, 7) is 1.97. The number of rotatable bonds is 3. The molecule has 1 aromatic rings. The van der Waals surface area contributed by atoms with Crippen LogP contribution in [0.5, 0.6) is 0 Å². The fourth-order valence-electron chi connectivity index (χ4n) is 2.94. The molecule has 0 radical (unpaired) electrons. The van der Waals surface area contributed by atoms with Crippen molar-refractivity contribution in [3.05, 3.63) is 29.3 Å². The van der Waals surface area contributed by atoms with Crippen molar-refractivity contribution in [2.24, 2.45) is 5.92 Å². The molecule has 0 spiro atoms. The van der Waals surface area contributed by atoms with Gasteiger partial charge in [0.1, 0.15) is 0 Å². The molecule has 0 aromatic heterocycles. The van der Waals surface area contributed by atoms with Gasteiger partial charge in [0.25, 0.3) is 0 Å². The van der Waals surface area contributed by atoms with Crippen molar-refractivity contribution in [1.82, 2.24) is 0 Å². The second kappa shape index (κ2) is 6.03. The molecular weight excluding hydrogens is 222 g/mol.